The van der Waals surface area contributed by atoms with E-state index < -0.39 is 11.8 Å². The van der Waals surface area contributed by atoms with E-state index in [1.165, 1.54) is 0 Å². The first-order valence-corrected chi connectivity index (χ1v) is 4.45. The molecule has 1 saturated heterocycles. The van der Waals surface area contributed by atoms with Gasteiger partial charge >= 0.3 is 0 Å². The quantitative estimate of drug-likeness (QED) is 0.328. The normalized spacial score (nSPS) is 46.4. The smallest absolute Gasteiger partial charge is 0.257 e. The Hall–Kier alpha value is -1.16. The van der Waals surface area contributed by atoms with Crippen LogP contribution < -0.4 is 0 Å². The third-order valence-corrected chi connectivity index (χ3v) is 3.45. The van der Waals surface area contributed by atoms with Crippen LogP contribution in [0.15, 0.2) is 12.2 Å². The number of nitrogens with zero attached hydrogens (tertiary/aromatic N) is 1. The molecule has 1 heterocycles. The second kappa shape index (κ2) is 2.01. The number of imide groups is 1. The number of fused-ring (bicyclic) bond motifs is 5. The molecule has 1 aliphatic heterocycles. The van der Waals surface area contributed by atoms with Gasteiger partial charge in [0.2, 0.25) is 0 Å². The number of hydrogen-bond acceptors (Lipinski definition) is 3. The number of hydrogen-bond donors (Lipinski definition) is 1. The molecule has 2 aliphatic carbocycles. The van der Waals surface area contributed by atoms with E-state index in [1.54, 1.807) is 0 Å². The Balaban J connectivity index is 2.08. The van der Waals surface area contributed by atoms with Crippen molar-refractivity contribution in [3.8, 4) is 0 Å². The van der Waals surface area contributed by atoms with Crippen molar-refractivity contribution in [3.05, 3.63) is 12.2 Å². The van der Waals surface area contributed by atoms with Crippen molar-refractivity contribution in [1.29, 1.82) is 0 Å². The van der Waals surface area contributed by atoms with Crippen LogP contribution in [-0.2, 0) is 9.59 Å². The summed E-state index contributed by atoms with van der Waals surface area (Å²) in [6, 6.07) is 0. The summed E-state index contributed by atoms with van der Waals surface area (Å²) >= 11 is 0. The highest BCUT2D eigenvalue weighted by Gasteiger charge is 2.59. The van der Waals surface area contributed by atoms with Gasteiger partial charge in [0, 0.05) is 0 Å². The summed E-state index contributed by atoms with van der Waals surface area (Å²) in [5.41, 5.74) is 0. The van der Waals surface area contributed by atoms with E-state index in [9.17, 15) is 9.59 Å². The lowest BCUT2D eigenvalue weighted by atomic mass is 9.85. The maximum absolute atomic E-state index is 11.4. The van der Waals surface area contributed by atoms with E-state index in [0.29, 0.717) is 5.06 Å². The Labute approximate surface area is 74.8 Å². The molecule has 3 rings (SSSR count). The molecule has 4 heteroatoms. The fourth-order valence-electron chi connectivity index (χ4n) is 2.89. The highest BCUT2D eigenvalue weighted by atomic mass is 16.5. The minimum absolute atomic E-state index is 0.184. The molecule has 3 aliphatic rings. The van der Waals surface area contributed by atoms with Gasteiger partial charge in [-0.05, 0) is 18.3 Å². The Morgan fingerprint density at radius 1 is 1.15 bits per heavy atom. The van der Waals surface area contributed by atoms with Crippen molar-refractivity contribution >= 4 is 11.8 Å². The molecule has 4 atom stereocenters. The highest BCUT2D eigenvalue weighted by molar-refractivity contribution is 6.05. The van der Waals surface area contributed by atoms with Crippen molar-refractivity contribution < 1.29 is 14.8 Å². The van der Waals surface area contributed by atoms with Gasteiger partial charge in [-0.3, -0.25) is 14.8 Å². The average Bonchev–Trinajstić information content (AvgIpc) is 2.76. The first kappa shape index (κ1) is 7.26. The number of rotatable bonds is 0. The predicted octanol–water partition coefficient (Wildman–Crippen LogP) is 0.183. The molecular formula is C9H9NO3. The van der Waals surface area contributed by atoms with E-state index >= 15 is 0 Å². The standard InChI is InChI=1S/C9H9NO3/c11-8-6-4-1-2-5(3-4)7(6)9(12)10(8)13/h1-2,4-7,13H,3H2/t4-,5+,6?,7?. The van der Waals surface area contributed by atoms with Crippen molar-refractivity contribution in [3.63, 3.8) is 0 Å². The van der Waals surface area contributed by atoms with Crippen LogP contribution in [0.25, 0.3) is 0 Å². The van der Waals surface area contributed by atoms with E-state index in [-0.39, 0.29) is 23.7 Å². The fraction of sp³-hybridized carbons (Fsp3) is 0.556. The molecule has 0 aromatic carbocycles. The third-order valence-electron chi connectivity index (χ3n) is 3.45. The summed E-state index contributed by atoms with van der Waals surface area (Å²) in [4.78, 5) is 22.8. The zero-order valence-corrected chi connectivity index (χ0v) is 6.88. The monoisotopic (exact) mass is 179 g/mol. The predicted molar refractivity (Wildman–Crippen MR) is 41.4 cm³/mol. The summed E-state index contributed by atoms with van der Waals surface area (Å²) in [5.74, 6) is -0.995. The number of amides is 2. The van der Waals surface area contributed by atoms with Crippen molar-refractivity contribution in [2.45, 2.75) is 6.42 Å². The van der Waals surface area contributed by atoms with Gasteiger partial charge in [0.05, 0.1) is 11.8 Å². The average molecular weight is 179 g/mol. The van der Waals surface area contributed by atoms with Crippen LogP contribution in [-0.4, -0.2) is 22.1 Å². The summed E-state index contributed by atoms with van der Waals surface area (Å²) in [7, 11) is 0. The second-order valence-corrected chi connectivity index (χ2v) is 3.99. The molecule has 2 unspecified atom stereocenters. The van der Waals surface area contributed by atoms with Crippen LogP contribution in [0.4, 0.5) is 0 Å². The molecule has 0 radical (unpaired) electrons. The minimum Gasteiger partial charge on any atom is -0.278 e. The van der Waals surface area contributed by atoms with Gasteiger partial charge in [0.25, 0.3) is 11.8 Å². The highest BCUT2D eigenvalue weighted by Crippen LogP contribution is 2.51. The Kier molecular flexibility index (Phi) is 1.12. The molecule has 2 bridgehead atoms. The van der Waals surface area contributed by atoms with Crippen molar-refractivity contribution in [1.82, 2.24) is 5.06 Å². The van der Waals surface area contributed by atoms with Gasteiger partial charge in [0.15, 0.2) is 0 Å². The molecule has 2 amide bonds. The molecule has 0 spiro atoms. The lowest BCUT2D eigenvalue weighted by Crippen LogP contribution is -2.29. The Morgan fingerprint density at radius 3 is 2.08 bits per heavy atom. The van der Waals surface area contributed by atoms with Crippen LogP contribution in [0, 0.1) is 23.7 Å². The van der Waals surface area contributed by atoms with Crippen LogP contribution in [0.3, 0.4) is 0 Å². The fourth-order valence-corrected chi connectivity index (χ4v) is 2.89. The van der Waals surface area contributed by atoms with E-state index in [1.807, 2.05) is 12.2 Å². The summed E-state index contributed by atoms with van der Waals surface area (Å²) in [6.45, 7) is 0. The summed E-state index contributed by atoms with van der Waals surface area (Å²) in [6.07, 6.45) is 4.90. The minimum atomic E-state index is -0.410. The Morgan fingerprint density at radius 2 is 1.62 bits per heavy atom. The van der Waals surface area contributed by atoms with Gasteiger partial charge in [-0.25, -0.2) is 0 Å². The number of carbonyl (C=O) groups is 2. The molecule has 2 fully saturated rings. The lowest BCUT2D eigenvalue weighted by molar-refractivity contribution is -0.173. The number of carbonyl (C=O) groups excluding carboxylic acids is 2. The molecule has 1 N–H and O–H groups in total. The topological polar surface area (TPSA) is 57.6 Å². The first-order chi connectivity index (χ1) is 6.20. The van der Waals surface area contributed by atoms with Crippen molar-refractivity contribution in [2.75, 3.05) is 0 Å². The van der Waals surface area contributed by atoms with Gasteiger partial charge in [-0.15, -0.1) is 0 Å². The molecule has 68 valence electrons. The zero-order chi connectivity index (χ0) is 9.16. The van der Waals surface area contributed by atoms with Crippen LogP contribution >= 0.6 is 0 Å². The SMILES string of the molecule is O=C1C2C(C(=O)N1O)[C@H]1C=C[C@@H]2C1. The van der Waals surface area contributed by atoms with Gasteiger partial charge in [-0.2, -0.15) is 5.06 Å². The molecule has 1 saturated carbocycles. The van der Waals surface area contributed by atoms with Gasteiger partial charge < -0.3 is 0 Å². The molecule has 0 aromatic heterocycles. The molecule has 0 aromatic rings. The first-order valence-electron chi connectivity index (χ1n) is 4.45. The largest absolute Gasteiger partial charge is 0.278 e. The zero-order valence-electron chi connectivity index (χ0n) is 6.88. The van der Waals surface area contributed by atoms with Crippen LogP contribution in [0.5, 0.6) is 0 Å². The van der Waals surface area contributed by atoms with E-state index in [0.717, 1.165) is 6.42 Å². The summed E-state index contributed by atoms with van der Waals surface area (Å²) < 4.78 is 0. The maximum Gasteiger partial charge on any atom is 0.257 e. The second-order valence-electron chi connectivity index (χ2n) is 3.99. The number of allylic oxidation sites excluding steroid dienone is 2. The third kappa shape index (κ3) is 0.659. The van der Waals surface area contributed by atoms with E-state index in [2.05, 4.69) is 0 Å². The van der Waals surface area contributed by atoms with Gasteiger partial charge in [-0.1, -0.05) is 12.2 Å². The molecule has 4 nitrogen and oxygen atoms in total. The summed E-state index contributed by atoms with van der Waals surface area (Å²) in [5, 5.41) is 9.45. The van der Waals surface area contributed by atoms with E-state index in [4.69, 9.17) is 5.21 Å². The lowest BCUT2D eigenvalue weighted by Gasteiger charge is -2.13. The maximum atomic E-state index is 11.4. The van der Waals surface area contributed by atoms with Crippen LogP contribution in [0.2, 0.25) is 0 Å². The molecular weight excluding hydrogens is 170 g/mol. The van der Waals surface area contributed by atoms with Gasteiger partial charge in [0.1, 0.15) is 0 Å². The number of hydroxylamine groups is 2. The molecule has 13 heavy (non-hydrogen) atoms. The van der Waals surface area contributed by atoms with Crippen molar-refractivity contribution in [2.24, 2.45) is 23.7 Å². The van der Waals surface area contributed by atoms with Crippen LogP contribution in [0.1, 0.15) is 6.42 Å². The Bertz CT molecular complexity index is 306.